The van der Waals surface area contributed by atoms with Gasteiger partial charge in [0.25, 0.3) is 0 Å². The quantitative estimate of drug-likeness (QED) is 0.796. The molecule has 0 spiro atoms. The van der Waals surface area contributed by atoms with Gasteiger partial charge in [-0.1, -0.05) is 13.0 Å². The van der Waals surface area contributed by atoms with Gasteiger partial charge in [0.2, 0.25) is 0 Å². The molecule has 108 valence electrons. The second kappa shape index (κ2) is 5.56. The van der Waals surface area contributed by atoms with Gasteiger partial charge in [-0.3, -0.25) is 9.67 Å². The van der Waals surface area contributed by atoms with Crippen LogP contribution < -0.4 is 5.32 Å². The van der Waals surface area contributed by atoms with E-state index in [0.29, 0.717) is 0 Å². The first-order chi connectivity index (χ1) is 10.2. The van der Waals surface area contributed by atoms with Gasteiger partial charge in [-0.2, -0.15) is 5.10 Å². The molecule has 1 aromatic carbocycles. The number of nitrogens with one attached hydrogen (secondary N) is 1. The van der Waals surface area contributed by atoms with Crippen molar-refractivity contribution in [2.24, 2.45) is 7.05 Å². The van der Waals surface area contributed by atoms with Gasteiger partial charge >= 0.3 is 0 Å². The summed E-state index contributed by atoms with van der Waals surface area (Å²) in [5.74, 6) is 0. The Morgan fingerprint density at radius 1 is 1.24 bits per heavy atom. The molecule has 0 fully saturated rings. The summed E-state index contributed by atoms with van der Waals surface area (Å²) in [5, 5.41) is 9.17. The summed E-state index contributed by atoms with van der Waals surface area (Å²) < 4.78 is 1.88. The summed E-state index contributed by atoms with van der Waals surface area (Å²) in [5.41, 5.74) is 5.78. The van der Waals surface area contributed by atoms with Crippen LogP contribution in [0.5, 0.6) is 0 Å². The number of rotatable bonds is 4. The minimum absolute atomic E-state index is 0.782. The minimum Gasteiger partial charge on any atom is -0.380 e. The van der Waals surface area contributed by atoms with Gasteiger partial charge in [0.15, 0.2) is 0 Å². The van der Waals surface area contributed by atoms with Gasteiger partial charge in [-0.15, -0.1) is 0 Å². The molecule has 0 bridgehead atoms. The van der Waals surface area contributed by atoms with E-state index in [-0.39, 0.29) is 0 Å². The van der Waals surface area contributed by atoms with Gasteiger partial charge in [0, 0.05) is 42.6 Å². The van der Waals surface area contributed by atoms with Crippen molar-refractivity contribution < 1.29 is 0 Å². The molecule has 0 saturated heterocycles. The van der Waals surface area contributed by atoms with E-state index >= 15 is 0 Å². The number of pyridine rings is 1. The van der Waals surface area contributed by atoms with Crippen LogP contribution in [0.15, 0.2) is 36.7 Å². The molecule has 0 saturated carbocycles. The Bertz CT molecular complexity index is 774. The number of fused-ring (bicyclic) bond motifs is 1. The van der Waals surface area contributed by atoms with Gasteiger partial charge in [0.1, 0.15) is 0 Å². The Morgan fingerprint density at radius 2 is 2.10 bits per heavy atom. The molecular weight excluding hydrogens is 260 g/mol. The van der Waals surface area contributed by atoms with Crippen LogP contribution in [-0.2, 0) is 20.0 Å². The molecule has 2 heterocycles. The zero-order valence-corrected chi connectivity index (χ0v) is 12.7. The van der Waals surface area contributed by atoms with Crippen LogP contribution in [0.3, 0.4) is 0 Å². The van der Waals surface area contributed by atoms with Crippen LogP contribution in [0, 0.1) is 6.92 Å². The normalized spacial score (nSPS) is 11.0. The van der Waals surface area contributed by atoms with Crippen LogP contribution in [0.1, 0.15) is 23.7 Å². The predicted octanol–water partition coefficient (Wildman–Crippen LogP) is 3.45. The van der Waals surface area contributed by atoms with Crippen molar-refractivity contribution in [3.05, 3.63) is 53.5 Å². The van der Waals surface area contributed by atoms with Crippen molar-refractivity contribution in [3.63, 3.8) is 0 Å². The summed E-state index contributed by atoms with van der Waals surface area (Å²) in [4.78, 5) is 4.48. The number of nitrogens with zero attached hydrogens (tertiary/aromatic N) is 3. The second-order valence-corrected chi connectivity index (χ2v) is 5.31. The highest BCUT2D eigenvalue weighted by atomic mass is 15.3. The molecule has 3 rings (SSSR count). The Labute approximate surface area is 124 Å². The highest BCUT2D eigenvalue weighted by Gasteiger charge is 2.08. The molecule has 3 aromatic rings. The molecule has 0 unspecified atom stereocenters. The monoisotopic (exact) mass is 280 g/mol. The van der Waals surface area contributed by atoms with E-state index in [0.717, 1.165) is 29.9 Å². The molecule has 4 nitrogen and oxygen atoms in total. The maximum atomic E-state index is 4.48. The molecule has 0 amide bonds. The van der Waals surface area contributed by atoms with Gasteiger partial charge < -0.3 is 5.32 Å². The standard InChI is InChI=1S/C17H20N4/c1-4-15-13(11-21(3)20-15)10-19-16-8-7-12(2)17-14(16)6-5-9-18-17/h5-9,11,19H,4,10H2,1-3H3. The summed E-state index contributed by atoms with van der Waals surface area (Å²) >= 11 is 0. The zero-order valence-electron chi connectivity index (χ0n) is 12.7. The average Bonchev–Trinajstić information content (AvgIpc) is 2.87. The maximum absolute atomic E-state index is 4.48. The van der Waals surface area contributed by atoms with Crippen LogP contribution in [0.25, 0.3) is 10.9 Å². The number of aryl methyl sites for hydroxylation is 3. The lowest BCUT2D eigenvalue weighted by atomic mass is 10.1. The van der Waals surface area contributed by atoms with E-state index in [9.17, 15) is 0 Å². The number of aromatic nitrogens is 3. The molecule has 0 aliphatic rings. The average molecular weight is 280 g/mol. The van der Waals surface area contributed by atoms with Gasteiger partial charge in [-0.05, 0) is 37.1 Å². The first-order valence-corrected chi connectivity index (χ1v) is 7.28. The van der Waals surface area contributed by atoms with Crippen LogP contribution >= 0.6 is 0 Å². The third-order valence-electron chi connectivity index (χ3n) is 3.77. The predicted molar refractivity (Wildman–Crippen MR) is 86.4 cm³/mol. The second-order valence-electron chi connectivity index (χ2n) is 5.31. The third kappa shape index (κ3) is 2.61. The number of benzene rings is 1. The molecule has 4 heteroatoms. The SMILES string of the molecule is CCc1nn(C)cc1CNc1ccc(C)c2ncccc12. The van der Waals surface area contributed by atoms with Crippen molar-refractivity contribution in [1.29, 1.82) is 0 Å². The lowest BCUT2D eigenvalue weighted by Crippen LogP contribution is -2.02. The first kappa shape index (κ1) is 13.6. The molecular formula is C17H20N4. The van der Waals surface area contributed by atoms with E-state index in [2.05, 4.69) is 53.6 Å². The van der Waals surface area contributed by atoms with E-state index in [4.69, 9.17) is 0 Å². The Kier molecular flexibility index (Phi) is 3.60. The highest BCUT2D eigenvalue weighted by molar-refractivity contribution is 5.93. The largest absolute Gasteiger partial charge is 0.380 e. The van der Waals surface area contributed by atoms with Crippen molar-refractivity contribution >= 4 is 16.6 Å². The molecule has 0 aliphatic carbocycles. The van der Waals surface area contributed by atoms with E-state index in [1.807, 2.05) is 24.0 Å². The number of hydrogen-bond acceptors (Lipinski definition) is 3. The van der Waals surface area contributed by atoms with Crippen LogP contribution in [-0.4, -0.2) is 14.8 Å². The number of hydrogen-bond donors (Lipinski definition) is 1. The fourth-order valence-electron chi connectivity index (χ4n) is 2.69. The molecule has 21 heavy (non-hydrogen) atoms. The lowest BCUT2D eigenvalue weighted by molar-refractivity contribution is 0.746. The minimum atomic E-state index is 0.782. The fraction of sp³-hybridized carbons (Fsp3) is 0.294. The first-order valence-electron chi connectivity index (χ1n) is 7.28. The number of anilines is 1. The van der Waals surface area contributed by atoms with Crippen molar-refractivity contribution in [2.45, 2.75) is 26.8 Å². The van der Waals surface area contributed by atoms with Crippen molar-refractivity contribution in [3.8, 4) is 0 Å². The smallest absolute Gasteiger partial charge is 0.0751 e. The van der Waals surface area contributed by atoms with Gasteiger partial charge in [0.05, 0.1) is 11.2 Å². The Hall–Kier alpha value is -2.36. The Morgan fingerprint density at radius 3 is 2.90 bits per heavy atom. The molecule has 2 aromatic heterocycles. The van der Waals surface area contributed by atoms with Crippen LogP contribution in [0.4, 0.5) is 5.69 Å². The van der Waals surface area contributed by atoms with Crippen molar-refractivity contribution in [1.82, 2.24) is 14.8 Å². The third-order valence-corrected chi connectivity index (χ3v) is 3.77. The molecule has 1 N–H and O–H groups in total. The summed E-state index contributed by atoms with van der Waals surface area (Å²) in [6.45, 7) is 5.01. The Balaban J connectivity index is 1.90. The van der Waals surface area contributed by atoms with Crippen LogP contribution in [0.2, 0.25) is 0 Å². The lowest BCUT2D eigenvalue weighted by Gasteiger charge is -2.10. The molecule has 0 radical (unpaired) electrons. The van der Waals surface area contributed by atoms with E-state index in [1.54, 1.807) is 0 Å². The maximum Gasteiger partial charge on any atom is 0.0751 e. The topological polar surface area (TPSA) is 42.7 Å². The van der Waals surface area contributed by atoms with Crippen molar-refractivity contribution in [2.75, 3.05) is 5.32 Å². The summed E-state index contributed by atoms with van der Waals surface area (Å²) in [7, 11) is 1.97. The fourth-order valence-corrected chi connectivity index (χ4v) is 2.69. The molecule has 0 atom stereocenters. The molecule has 0 aliphatic heterocycles. The summed E-state index contributed by atoms with van der Waals surface area (Å²) in [6, 6.07) is 8.33. The highest BCUT2D eigenvalue weighted by Crippen LogP contribution is 2.25. The zero-order chi connectivity index (χ0) is 14.8. The van der Waals surface area contributed by atoms with Gasteiger partial charge in [-0.25, -0.2) is 0 Å². The van der Waals surface area contributed by atoms with E-state index in [1.165, 1.54) is 16.5 Å². The summed E-state index contributed by atoms with van der Waals surface area (Å²) in [6.07, 6.45) is 4.88. The van der Waals surface area contributed by atoms with E-state index < -0.39 is 0 Å².